The lowest BCUT2D eigenvalue weighted by molar-refractivity contribution is 0.0996. The Balaban J connectivity index is 1.54. The molecule has 0 bridgehead atoms. The minimum absolute atomic E-state index is 0.0821. The average Bonchev–Trinajstić information content (AvgIpc) is 3.43. The molecule has 180 valence electrons. The molecule has 0 saturated carbocycles. The summed E-state index contributed by atoms with van der Waals surface area (Å²) in [5, 5.41) is 5.33. The zero-order chi connectivity index (χ0) is 23.8. The van der Waals surface area contributed by atoms with Crippen molar-refractivity contribution in [3.63, 3.8) is 0 Å². The van der Waals surface area contributed by atoms with Gasteiger partial charge in [0, 0.05) is 6.54 Å². The van der Waals surface area contributed by atoms with Gasteiger partial charge < -0.3 is 25.4 Å². The third-order valence-electron chi connectivity index (χ3n) is 5.24. The van der Waals surface area contributed by atoms with E-state index in [0.717, 1.165) is 56.1 Å². The monoisotopic (exact) mass is 483 g/mol. The lowest BCUT2D eigenvalue weighted by atomic mass is 10.2. The summed E-state index contributed by atoms with van der Waals surface area (Å²) in [6.07, 6.45) is 4.28. The Morgan fingerprint density at radius 2 is 2.00 bits per heavy atom. The molecule has 0 aliphatic carbocycles. The second-order valence-corrected chi connectivity index (χ2v) is 8.30. The molecule has 1 fully saturated rings. The Morgan fingerprint density at radius 3 is 2.70 bits per heavy atom. The number of carbonyl (C=O) groups excluding carboxylic acids is 2. The quantitative estimate of drug-likeness (QED) is 0.423. The van der Waals surface area contributed by atoms with Crippen LogP contribution in [0.3, 0.4) is 0 Å². The van der Waals surface area contributed by atoms with E-state index in [1.807, 2.05) is 0 Å². The van der Waals surface area contributed by atoms with Crippen LogP contribution in [0.1, 0.15) is 41.6 Å². The number of urea groups is 1. The number of ether oxygens (including phenoxy) is 2. The highest BCUT2D eigenvalue weighted by molar-refractivity contribution is 7.11. The number of nitrogens with one attached hydrogen (secondary N) is 2. The predicted molar refractivity (Wildman–Crippen MR) is 120 cm³/mol. The Kier molecular flexibility index (Phi) is 8.78. The first kappa shape index (κ1) is 24.6. The number of amides is 3. The van der Waals surface area contributed by atoms with Crippen LogP contribution < -0.4 is 25.8 Å². The van der Waals surface area contributed by atoms with E-state index in [-0.39, 0.29) is 27.8 Å². The molecule has 0 radical (unpaired) electrons. The Labute approximate surface area is 194 Å². The number of anilines is 1. The number of halogens is 2. The Hall–Kier alpha value is -2.99. The first-order valence-electron chi connectivity index (χ1n) is 10.6. The van der Waals surface area contributed by atoms with Crippen molar-refractivity contribution in [1.29, 1.82) is 0 Å². The molecule has 1 aromatic heterocycles. The number of nitrogens with two attached hydrogens (primary N) is 1. The SMILES string of the molecule is COc1ccc(F)c(COc2nsc(NC(=O)NCCCCN3CCCC3)c2C(N)=O)c1F. The second kappa shape index (κ2) is 11.8. The number of benzene rings is 1. The number of likely N-dealkylation sites (tertiary alicyclic amines) is 1. The highest BCUT2D eigenvalue weighted by Gasteiger charge is 2.23. The molecule has 4 N–H and O–H groups in total. The van der Waals surface area contributed by atoms with E-state index in [1.165, 1.54) is 20.0 Å². The van der Waals surface area contributed by atoms with Gasteiger partial charge in [-0.05, 0) is 69.0 Å². The lowest BCUT2D eigenvalue weighted by Gasteiger charge is -2.14. The fourth-order valence-corrected chi connectivity index (χ4v) is 4.23. The van der Waals surface area contributed by atoms with Crippen LogP contribution in [0.5, 0.6) is 11.6 Å². The van der Waals surface area contributed by atoms with Crippen molar-refractivity contribution < 1.29 is 27.8 Å². The number of rotatable bonds is 11. The standard InChI is InChI=1S/C21H27F2N5O4S/c1-31-15-7-6-14(22)13(17(15)23)12-32-19-16(18(24)29)20(33-27-19)26-21(30)25-8-2-3-9-28-10-4-5-11-28/h6-7H,2-5,8-12H2,1H3,(H2,24,29)(H2,25,26,30). The van der Waals surface area contributed by atoms with Crippen molar-refractivity contribution in [2.75, 3.05) is 38.6 Å². The first-order chi connectivity index (χ1) is 15.9. The summed E-state index contributed by atoms with van der Waals surface area (Å²) in [6.45, 7) is 3.20. The number of unbranched alkanes of at least 4 members (excludes halogenated alkanes) is 1. The number of methoxy groups -OCH3 is 1. The molecule has 33 heavy (non-hydrogen) atoms. The minimum atomic E-state index is -0.921. The normalized spacial score (nSPS) is 13.7. The van der Waals surface area contributed by atoms with Crippen LogP contribution in [-0.4, -0.2) is 54.5 Å². The van der Waals surface area contributed by atoms with E-state index in [0.29, 0.717) is 6.54 Å². The number of aromatic nitrogens is 1. The number of carbonyl (C=O) groups is 2. The maximum Gasteiger partial charge on any atom is 0.319 e. The molecule has 3 amide bonds. The molecule has 9 nitrogen and oxygen atoms in total. The molecular formula is C21H27F2N5O4S. The van der Waals surface area contributed by atoms with Gasteiger partial charge in [0.1, 0.15) is 23.0 Å². The fourth-order valence-electron chi connectivity index (χ4n) is 3.50. The van der Waals surface area contributed by atoms with E-state index in [9.17, 15) is 18.4 Å². The van der Waals surface area contributed by atoms with Gasteiger partial charge in [-0.25, -0.2) is 13.6 Å². The van der Waals surface area contributed by atoms with Crippen molar-refractivity contribution in [2.45, 2.75) is 32.3 Å². The number of nitrogens with zero attached hydrogens (tertiary/aromatic N) is 2. The molecule has 1 saturated heterocycles. The molecule has 2 aromatic rings. The summed E-state index contributed by atoms with van der Waals surface area (Å²) in [6, 6.07) is 1.68. The molecule has 1 aliphatic rings. The van der Waals surface area contributed by atoms with Gasteiger partial charge in [-0.3, -0.25) is 10.1 Å². The van der Waals surface area contributed by atoms with Crippen LogP contribution >= 0.6 is 11.5 Å². The third-order valence-corrected chi connectivity index (χ3v) is 5.99. The summed E-state index contributed by atoms with van der Waals surface area (Å²) >= 11 is 0.778. The highest BCUT2D eigenvalue weighted by atomic mass is 32.1. The smallest absolute Gasteiger partial charge is 0.319 e. The largest absolute Gasteiger partial charge is 0.494 e. The number of hydrogen-bond acceptors (Lipinski definition) is 7. The van der Waals surface area contributed by atoms with Crippen molar-refractivity contribution in [1.82, 2.24) is 14.6 Å². The van der Waals surface area contributed by atoms with Gasteiger partial charge in [-0.15, -0.1) is 0 Å². The number of primary amides is 1. The van der Waals surface area contributed by atoms with Gasteiger partial charge in [0.2, 0.25) is 5.88 Å². The van der Waals surface area contributed by atoms with Crippen molar-refractivity contribution in [3.8, 4) is 11.6 Å². The molecular weight excluding hydrogens is 456 g/mol. The summed E-state index contributed by atoms with van der Waals surface area (Å²) in [7, 11) is 1.25. The van der Waals surface area contributed by atoms with Gasteiger partial charge in [0.15, 0.2) is 11.6 Å². The molecule has 2 heterocycles. The summed E-state index contributed by atoms with van der Waals surface area (Å²) in [5.74, 6) is -3.04. The van der Waals surface area contributed by atoms with Gasteiger partial charge in [0.25, 0.3) is 5.91 Å². The van der Waals surface area contributed by atoms with Crippen LogP contribution in [-0.2, 0) is 6.61 Å². The topological polar surface area (TPSA) is 119 Å². The van der Waals surface area contributed by atoms with E-state index in [1.54, 1.807) is 0 Å². The van der Waals surface area contributed by atoms with E-state index in [2.05, 4.69) is 19.9 Å². The van der Waals surface area contributed by atoms with Crippen molar-refractivity contribution >= 4 is 28.5 Å². The zero-order valence-corrected chi connectivity index (χ0v) is 19.1. The molecule has 1 aliphatic heterocycles. The maximum absolute atomic E-state index is 14.3. The van der Waals surface area contributed by atoms with Gasteiger partial charge in [-0.1, -0.05) is 0 Å². The molecule has 12 heteroatoms. The summed E-state index contributed by atoms with van der Waals surface area (Å²) in [4.78, 5) is 26.5. The van der Waals surface area contributed by atoms with Crippen LogP contribution in [0.2, 0.25) is 0 Å². The van der Waals surface area contributed by atoms with Gasteiger partial charge in [-0.2, -0.15) is 4.37 Å². The molecule has 0 unspecified atom stereocenters. The number of hydrogen-bond donors (Lipinski definition) is 3. The fraction of sp³-hybridized carbons (Fsp3) is 0.476. The van der Waals surface area contributed by atoms with E-state index in [4.69, 9.17) is 15.2 Å². The average molecular weight is 484 g/mol. The van der Waals surface area contributed by atoms with Crippen LogP contribution in [0.15, 0.2) is 12.1 Å². The van der Waals surface area contributed by atoms with E-state index < -0.39 is 30.2 Å². The van der Waals surface area contributed by atoms with Crippen LogP contribution in [0.4, 0.5) is 18.6 Å². The zero-order valence-electron chi connectivity index (χ0n) is 18.3. The Bertz CT molecular complexity index is 982. The molecule has 0 spiro atoms. The highest BCUT2D eigenvalue weighted by Crippen LogP contribution is 2.31. The Morgan fingerprint density at radius 1 is 1.24 bits per heavy atom. The first-order valence-corrected chi connectivity index (χ1v) is 11.4. The second-order valence-electron chi connectivity index (χ2n) is 7.52. The third kappa shape index (κ3) is 6.51. The minimum Gasteiger partial charge on any atom is -0.494 e. The maximum atomic E-state index is 14.3. The predicted octanol–water partition coefficient (Wildman–Crippen LogP) is 3.11. The lowest BCUT2D eigenvalue weighted by Crippen LogP contribution is -2.30. The van der Waals surface area contributed by atoms with Gasteiger partial charge >= 0.3 is 6.03 Å². The molecule has 0 atom stereocenters. The molecule has 3 rings (SSSR count). The molecule has 1 aromatic carbocycles. The van der Waals surface area contributed by atoms with Crippen LogP contribution in [0, 0.1) is 11.6 Å². The summed E-state index contributed by atoms with van der Waals surface area (Å²) < 4.78 is 42.5. The summed E-state index contributed by atoms with van der Waals surface area (Å²) in [5.41, 5.74) is 4.85. The van der Waals surface area contributed by atoms with Gasteiger partial charge in [0.05, 0.1) is 12.7 Å². The van der Waals surface area contributed by atoms with E-state index >= 15 is 0 Å². The van der Waals surface area contributed by atoms with Crippen LogP contribution in [0.25, 0.3) is 0 Å². The van der Waals surface area contributed by atoms with Crippen molar-refractivity contribution in [3.05, 3.63) is 34.9 Å². The van der Waals surface area contributed by atoms with Crippen molar-refractivity contribution in [2.24, 2.45) is 5.73 Å².